The van der Waals surface area contributed by atoms with Crippen molar-refractivity contribution in [1.29, 1.82) is 0 Å². The quantitative estimate of drug-likeness (QED) is 0.673. The van der Waals surface area contributed by atoms with Crippen molar-refractivity contribution in [3.63, 3.8) is 0 Å². The number of amides is 2. The fourth-order valence-electron chi connectivity index (χ4n) is 4.21. The fourth-order valence-corrected chi connectivity index (χ4v) is 4.21. The number of aryl methyl sites for hydroxylation is 1. The van der Waals surface area contributed by atoms with Crippen LogP contribution < -0.4 is 19.9 Å². The number of rotatable bonds is 4. The van der Waals surface area contributed by atoms with Crippen LogP contribution >= 0.6 is 0 Å². The molecule has 3 aromatic rings. The van der Waals surface area contributed by atoms with Crippen molar-refractivity contribution in [3.8, 4) is 17.1 Å². The molecule has 164 valence electrons. The average molecular weight is 432 g/mol. The summed E-state index contributed by atoms with van der Waals surface area (Å²) in [4.78, 5) is 35.1. The van der Waals surface area contributed by atoms with Gasteiger partial charge in [0.25, 0.3) is 0 Å². The van der Waals surface area contributed by atoms with E-state index >= 15 is 0 Å². The smallest absolute Gasteiger partial charge is 0.329 e. The second kappa shape index (κ2) is 8.07. The summed E-state index contributed by atoms with van der Waals surface area (Å²) >= 11 is 0. The fraction of sp³-hybridized carbons (Fsp3) is 0.348. The number of carbonyl (C=O) groups is 1. The van der Waals surface area contributed by atoms with Gasteiger partial charge in [0.2, 0.25) is 5.88 Å². The van der Waals surface area contributed by atoms with Crippen LogP contribution in [0, 0.1) is 6.92 Å². The number of nitrogens with zero attached hydrogens (tertiary/aromatic N) is 6. The van der Waals surface area contributed by atoms with Crippen LogP contribution in [-0.4, -0.2) is 51.2 Å². The van der Waals surface area contributed by atoms with Gasteiger partial charge in [-0.1, -0.05) is 0 Å². The molecule has 0 aromatic carbocycles. The molecule has 9 heteroatoms. The molecule has 2 aliphatic rings. The zero-order valence-corrected chi connectivity index (χ0v) is 18.3. The maximum Gasteiger partial charge on any atom is 0.329 e. The van der Waals surface area contributed by atoms with Gasteiger partial charge in [-0.15, -0.1) is 0 Å². The van der Waals surface area contributed by atoms with E-state index in [0.29, 0.717) is 17.5 Å². The number of anilines is 3. The van der Waals surface area contributed by atoms with E-state index in [2.05, 4.69) is 25.2 Å². The lowest BCUT2D eigenvalue weighted by Gasteiger charge is -2.35. The predicted octanol–water partition coefficient (Wildman–Crippen LogP) is 3.66. The third-order valence-electron chi connectivity index (χ3n) is 5.57. The van der Waals surface area contributed by atoms with Gasteiger partial charge in [0.1, 0.15) is 0 Å². The van der Waals surface area contributed by atoms with Gasteiger partial charge in [0.15, 0.2) is 11.6 Å². The van der Waals surface area contributed by atoms with Crippen molar-refractivity contribution < 1.29 is 9.53 Å². The first kappa shape index (κ1) is 20.2. The van der Waals surface area contributed by atoms with Crippen LogP contribution in [0.2, 0.25) is 0 Å². The number of hydrogen-bond acceptors (Lipinski definition) is 7. The lowest BCUT2D eigenvalue weighted by molar-refractivity contribution is 0.232. The Hall–Kier alpha value is -3.75. The monoisotopic (exact) mass is 431 g/mol. The molecule has 0 aliphatic carbocycles. The van der Waals surface area contributed by atoms with Crippen molar-refractivity contribution in [2.45, 2.75) is 39.3 Å². The molecule has 9 nitrogen and oxygen atoms in total. The Balaban J connectivity index is 1.47. The van der Waals surface area contributed by atoms with E-state index in [1.807, 2.05) is 45.0 Å². The summed E-state index contributed by atoms with van der Waals surface area (Å²) in [5, 5.41) is 2.88. The van der Waals surface area contributed by atoms with Crippen LogP contribution in [-0.2, 0) is 0 Å². The minimum absolute atomic E-state index is 0.0341. The molecular weight excluding hydrogens is 406 g/mol. The van der Waals surface area contributed by atoms with Crippen molar-refractivity contribution >= 4 is 23.4 Å². The first-order valence-electron chi connectivity index (χ1n) is 10.8. The van der Waals surface area contributed by atoms with Crippen LogP contribution in [0.15, 0.2) is 42.9 Å². The highest BCUT2D eigenvalue weighted by molar-refractivity contribution is 6.04. The zero-order chi connectivity index (χ0) is 22.2. The molecule has 1 unspecified atom stereocenters. The highest BCUT2D eigenvalue weighted by atomic mass is 16.5. The number of aromatic nitrogens is 4. The maximum atomic E-state index is 13.4. The molecule has 0 spiro atoms. The third kappa shape index (κ3) is 3.81. The Morgan fingerprint density at radius 2 is 2.09 bits per heavy atom. The van der Waals surface area contributed by atoms with Gasteiger partial charge in [-0.05, 0) is 51.5 Å². The van der Waals surface area contributed by atoms with Crippen LogP contribution in [0.1, 0.15) is 26.0 Å². The Morgan fingerprint density at radius 1 is 1.22 bits per heavy atom. The number of ether oxygens (including phenoxy) is 1. The summed E-state index contributed by atoms with van der Waals surface area (Å²) < 4.78 is 5.60. The van der Waals surface area contributed by atoms with Gasteiger partial charge in [-0.25, -0.2) is 9.78 Å². The van der Waals surface area contributed by atoms with Crippen molar-refractivity contribution in [2.75, 3.05) is 28.2 Å². The second-order valence-electron chi connectivity index (χ2n) is 8.32. The minimum Gasteiger partial charge on any atom is -0.474 e. The first-order chi connectivity index (χ1) is 15.5. The summed E-state index contributed by atoms with van der Waals surface area (Å²) in [6.07, 6.45) is 5.67. The van der Waals surface area contributed by atoms with Gasteiger partial charge >= 0.3 is 6.03 Å². The number of carbonyl (C=O) groups excluding carboxylic acids is 1. The standard InChI is InChI=1S/C23H25N7O2/c1-14(2)32-21-12-24-11-20(27-21)28-23(31)30-17-7-9-29(13-17)19-5-4-18(26-22(19)30)16-6-8-25-15(3)10-16/h4-6,8,10-12,14,17H,7,9,13H2,1-3H3,(H,27,28,31). The van der Waals surface area contributed by atoms with Crippen LogP contribution in [0.3, 0.4) is 0 Å². The Kier molecular flexibility index (Phi) is 5.08. The molecule has 1 fully saturated rings. The Bertz CT molecular complexity index is 1170. The number of hydrogen-bond donors (Lipinski definition) is 1. The first-order valence-corrected chi connectivity index (χ1v) is 10.8. The molecule has 0 saturated carbocycles. The number of fused-ring (bicyclic) bond motifs is 4. The van der Waals surface area contributed by atoms with Crippen molar-refractivity contribution in [2.24, 2.45) is 0 Å². The van der Waals surface area contributed by atoms with E-state index in [1.165, 1.54) is 12.4 Å². The van der Waals surface area contributed by atoms with Crippen molar-refractivity contribution in [3.05, 3.63) is 48.5 Å². The zero-order valence-electron chi connectivity index (χ0n) is 18.3. The lowest BCUT2D eigenvalue weighted by atomic mass is 10.1. The molecular formula is C23H25N7O2. The predicted molar refractivity (Wildman–Crippen MR) is 122 cm³/mol. The van der Waals surface area contributed by atoms with Gasteiger partial charge in [0.05, 0.1) is 35.9 Å². The molecule has 1 atom stereocenters. The van der Waals surface area contributed by atoms with E-state index < -0.39 is 0 Å². The molecule has 0 radical (unpaired) electrons. The molecule has 1 saturated heterocycles. The van der Waals surface area contributed by atoms with Gasteiger partial charge in [-0.3, -0.25) is 20.2 Å². The SMILES string of the molecule is Cc1cc(-c2ccc3c(n2)N(C(=O)Nc2cncc(OC(C)C)n2)C2CCN3C2)ccn1. The maximum absolute atomic E-state index is 13.4. The molecule has 5 rings (SSSR count). The minimum atomic E-state index is -0.274. The van der Waals surface area contributed by atoms with Crippen LogP contribution in [0.5, 0.6) is 5.88 Å². The Labute approximate surface area is 186 Å². The highest BCUT2D eigenvalue weighted by Crippen LogP contribution is 2.40. The van der Waals surface area contributed by atoms with Gasteiger partial charge in [0, 0.05) is 30.5 Å². The molecule has 2 aliphatic heterocycles. The molecule has 1 N–H and O–H groups in total. The highest BCUT2D eigenvalue weighted by Gasteiger charge is 2.40. The number of pyridine rings is 2. The summed E-state index contributed by atoms with van der Waals surface area (Å²) in [5.74, 6) is 1.37. The third-order valence-corrected chi connectivity index (χ3v) is 5.57. The molecule has 2 amide bonds. The van der Waals surface area contributed by atoms with Gasteiger partial charge in [-0.2, -0.15) is 4.98 Å². The van der Waals surface area contributed by atoms with E-state index in [1.54, 1.807) is 11.1 Å². The largest absolute Gasteiger partial charge is 0.474 e. The number of urea groups is 1. The summed E-state index contributed by atoms with van der Waals surface area (Å²) in [7, 11) is 0. The summed E-state index contributed by atoms with van der Waals surface area (Å²) in [6.45, 7) is 7.46. The van der Waals surface area contributed by atoms with Crippen LogP contribution in [0.4, 0.5) is 22.1 Å². The normalized spacial score (nSPS) is 16.8. The summed E-state index contributed by atoms with van der Waals surface area (Å²) in [6, 6.07) is 7.75. The van der Waals surface area contributed by atoms with E-state index in [-0.39, 0.29) is 18.2 Å². The molecule has 32 heavy (non-hydrogen) atoms. The van der Waals surface area contributed by atoms with E-state index in [0.717, 1.165) is 42.1 Å². The molecule has 5 heterocycles. The van der Waals surface area contributed by atoms with E-state index in [9.17, 15) is 4.79 Å². The van der Waals surface area contributed by atoms with E-state index in [4.69, 9.17) is 9.72 Å². The summed E-state index contributed by atoms with van der Waals surface area (Å²) in [5.41, 5.74) is 3.66. The molecule has 2 bridgehead atoms. The Morgan fingerprint density at radius 3 is 2.91 bits per heavy atom. The van der Waals surface area contributed by atoms with Crippen molar-refractivity contribution in [1.82, 2.24) is 19.9 Å². The average Bonchev–Trinajstić information content (AvgIpc) is 3.17. The van der Waals surface area contributed by atoms with Gasteiger partial charge < -0.3 is 9.64 Å². The van der Waals surface area contributed by atoms with Crippen LogP contribution in [0.25, 0.3) is 11.3 Å². The topological polar surface area (TPSA) is 96.4 Å². The lowest BCUT2D eigenvalue weighted by Crippen LogP contribution is -2.48. The number of nitrogens with one attached hydrogen (secondary N) is 1. The second-order valence-corrected chi connectivity index (χ2v) is 8.32. The molecule has 3 aromatic heterocycles.